The minimum absolute atomic E-state index is 0.0583. The average Bonchev–Trinajstić information content (AvgIpc) is 2.47. The molecule has 1 fully saturated rings. The first-order valence-corrected chi connectivity index (χ1v) is 6.28. The second-order valence-electron chi connectivity index (χ2n) is 4.50. The first-order chi connectivity index (χ1) is 9.60. The summed E-state index contributed by atoms with van der Waals surface area (Å²) >= 11 is 0. The molecular weight excluding hydrogens is 258 g/mol. The van der Waals surface area contributed by atoms with Gasteiger partial charge in [0.2, 0.25) is 0 Å². The molecule has 1 heterocycles. The van der Waals surface area contributed by atoms with Crippen LogP contribution in [0.15, 0.2) is 24.3 Å². The Labute approximate surface area is 116 Å². The van der Waals surface area contributed by atoms with Gasteiger partial charge in [-0.2, -0.15) is 5.26 Å². The number of hydrogen-bond donors (Lipinski definition) is 1. The van der Waals surface area contributed by atoms with Crippen molar-refractivity contribution in [1.29, 1.82) is 5.26 Å². The number of Topliss-reactive ketones (excluding diaryl/α,β-unsaturated/α-hetero) is 1. The zero-order chi connectivity index (χ0) is 14.5. The van der Waals surface area contributed by atoms with E-state index in [1.807, 2.05) is 6.07 Å². The highest BCUT2D eigenvalue weighted by Gasteiger charge is 2.23. The van der Waals surface area contributed by atoms with Gasteiger partial charge in [-0.05, 0) is 19.1 Å². The van der Waals surface area contributed by atoms with Crippen LogP contribution in [0.1, 0.15) is 17.3 Å². The second-order valence-corrected chi connectivity index (χ2v) is 4.50. The van der Waals surface area contributed by atoms with E-state index in [0.717, 1.165) is 0 Å². The van der Waals surface area contributed by atoms with E-state index in [9.17, 15) is 9.59 Å². The van der Waals surface area contributed by atoms with Crippen LogP contribution in [-0.2, 0) is 4.74 Å². The Morgan fingerprint density at radius 1 is 1.50 bits per heavy atom. The predicted octanol–water partition coefficient (Wildman–Crippen LogP) is 1.65. The molecule has 2 rings (SSSR count). The number of ketones is 1. The molecular formula is C14H15N3O3. The van der Waals surface area contributed by atoms with Crippen molar-refractivity contribution in [1.82, 2.24) is 4.90 Å². The zero-order valence-corrected chi connectivity index (χ0v) is 11.1. The summed E-state index contributed by atoms with van der Waals surface area (Å²) < 4.78 is 5.18. The number of ether oxygens (including phenoxy) is 1. The molecule has 0 saturated carbocycles. The summed E-state index contributed by atoms with van der Waals surface area (Å²) in [4.78, 5) is 24.9. The van der Waals surface area contributed by atoms with Crippen molar-refractivity contribution in [3.63, 3.8) is 0 Å². The molecule has 1 aromatic carbocycles. The highest BCUT2D eigenvalue weighted by atomic mass is 16.5. The Morgan fingerprint density at radius 2 is 2.30 bits per heavy atom. The molecule has 0 spiro atoms. The van der Waals surface area contributed by atoms with Crippen LogP contribution in [0.4, 0.5) is 10.5 Å². The van der Waals surface area contributed by atoms with Gasteiger partial charge in [-0.15, -0.1) is 0 Å². The number of hydrogen-bond acceptors (Lipinski definition) is 4. The maximum atomic E-state index is 12.1. The van der Waals surface area contributed by atoms with Gasteiger partial charge >= 0.3 is 6.03 Å². The Hall–Kier alpha value is -2.39. The molecule has 6 nitrogen and oxygen atoms in total. The fourth-order valence-electron chi connectivity index (χ4n) is 1.93. The van der Waals surface area contributed by atoms with E-state index in [0.29, 0.717) is 24.4 Å². The van der Waals surface area contributed by atoms with Gasteiger partial charge < -0.3 is 15.0 Å². The van der Waals surface area contributed by atoms with Crippen LogP contribution < -0.4 is 5.32 Å². The quantitative estimate of drug-likeness (QED) is 0.830. The molecule has 1 aliphatic heterocycles. The first-order valence-electron chi connectivity index (χ1n) is 6.28. The molecule has 1 N–H and O–H groups in total. The highest BCUT2D eigenvalue weighted by Crippen LogP contribution is 2.13. The standard InChI is InChI=1S/C14H15N3O3/c1-10(18)11-3-2-4-12(7-11)16-14(19)17-5-6-20-13(8-15)9-17/h2-4,7,13H,5-6,9H2,1H3,(H,16,19). The van der Waals surface area contributed by atoms with Crippen LogP contribution in [0.2, 0.25) is 0 Å². The number of nitrogens with zero attached hydrogens (tertiary/aromatic N) is 2. The molecule has 1 saturated heterocycles. The predicted molar refractivity (Wildman–Crippen MR) is 72.4 cm³/mol. The van der Waals surface area contributed by atoms with Crippen LogP contribution in [0.25, 0.3) is 0 Å². The largest absolute Gasteiger partial charge is 0.360 e. The van der Waals surface area contributed by atoms with E-state index in [-0.39, 0.29) is 18.4 Å². The summed E-state index contributed by atoms with van der Waals surface area (Å²) in [5.41, 5.74) is 1.10. The molecule has 1 unspecified atom stereocenters. The lowest BCUT2D eigenvalue weighted by Crippen LogP contribution is -2.46. The van der Waals surface area contributed by atoms with Crippen LogP contribution in [0, 0.1) is 11.3 Å². The van der Waals surface area contributed by atoms with Crippen molar-refractivity contribution in [2.75, 3.05) is 25.0 Å². The van der Waals surface area contributed by atoms with Gasteiger partial charge in [-0.1, -0.05) is 12.1 Å². The SMILES string of the molecule is CC(=O)c1cccc(NC(=O)N2CCOC(C#N)C2)c1. The number of carbonyl (C=O) groups excluding carboxylic acids is 2. The molecule has 0 aromatic heterocycles. The van der Waals surface area contributed by atoms with Gasteiger partial charge in [-0.25, -0.2) is 4.79 Å². The van der Waals surface area contributed by atoms with Gasteiger partial charge in [0, 0.05) is 17.8 Å². The minimum atomic E-state index is -0.585. The lowest BCUT2D eigenvalue weighted by atomic mass is 10.1. The smallest absolute Gasteiger partial charge is 0.322 e. The van der Waals surface area contributed by atoms with E-state index in [4.69, 9.17) is 10.00 Å². The molecule has 104 valence electrons. The zero-order valence-electron chi connectivity index (χ0n) is 11.1. The van der Waals surface area contributed by atoms with E-state index in [2.05, 4.69) is 5.32 Å². The minimum Gasteiger partial charge on any atom is -0.360 e. The number of nitrogens with one attached hydrogen (secondary N) is 1. The Bertz CT molecular complexity index is 565. The summed E-state index contributed by atoms with van der Waals surface area (Å²) in [6.45, 7) is 2.50. The topological polar surface area (TPSA) is 82.4 Å². The summed E-state index contributed by atoms with van der Waals surface area (Å²) in [6.07, 6.45) is -0.585. The third-order valence-corrected chi connectivity index (χ3v) is 3.02. The van der Waals surface area contributed by atoms with E-state index in [1.54, 1.807) is 24.3 Å². The van der Waals surface area contributed by atoms with Crippen molar-refractivity contribution >= 4 is 17.5 Å². The number of nitriles is 1. The van der Waals surface area contributed by atoms with Crippen molar-refractivity contribution in [2.24, 2.45) is 0 Å². The maximum absolute atomic E-state index is 12.1. The second kappa shape index (κ2) is 6.17. The summed E-state index contributed by atoms with van der Waals surface area (Å²) in [6, 6.07) is 8.44. The molecule has 1 atom stereocenters. The van der Waals surface area contributed by atoms with Crippen molar-refractivity contribution in [3.8, 4) is 6.07 Å². The normalized spacial score (nSPS) is 18.2. The number of benzene rings is 1. The number of urea groups is 1. The first kappa shape index (κ1) is 14.0. The van der Waals surface area contributed by atoms with Gasteiger partial charge in [0.25, 0.3) is 0 Å². The fraction of sp³-hybridized carbons (Fsp3) is 0.357. The third-order valence-electron chi connectivity index (χ3n) is 3.02. The van der Waals surface area contributed by atoms with Crippen LogP contribution in [-0.4, -0.2) is 42.5 Å². The number of amides is 2. The number of rotatable bonds is 2. The van der Waals surface area contributed by atoms with Gasteiger partial charge in [-0.3, -0.25) is 4.79 Å². The molecule has 2 amide bonds. The van der Waals surface area contributed by atoms with Crippen molar-refractivity contribution in [3.05, 3.63) is 29.8 Å². The molecule has 0 bridgehead atoms. The van der Waals surface area contributed by atoms with Crippen LogP contribution in [0.3, 0.4) is 0 Å². The Balaban J connectivity index is 2.02. The van der Waals surface area contributed by atoms with Crippen LogP contribution >= 0.6 is 0 Å². The number of morpholine rings is 1. The highest BCUT2D eigenvalue weighted by molar-refractivity contribution is 5.96. The summed E-state index contributed by atoms with van der Waals surface area (Å²) in [5.74, 6) is -0.0583. The van der Waals surface area contributed by atoms with Crippen molar-refractivity contribution < 1.29 is 14.3 Å². The number of anilines is 1. The molecule has 20 heavy (non-hydrogen) atoms. The molecule has 1 aromatic rings. The third kappa shape index (κ3) is 3.33. The summed E-state index contributed by atoms with van der Waals surface area (Å²) in [7, 11) is 0. The lowest BCUT2D eigenvalue weighted by molar-refractivity contribution is 0.0181. The van der Waals surface area contributed by atoms with E-state index in [1.165, 1.54) is 11.8 Å². The van der Waals surface area contributed by atoms with Gasteiger partial charge in [0.05, 0.1) is 19.2 Å². The number of carbonyl (C=O) groups is 2. The monoisotopic (exact) mass is 273 g/mol. The molecule has 6 heteroatoms. The van der Waals surface area contributed by atoms with Gasteiger partial charge in [0.15, 0.2) is 11.9 Å². The maximum Gasteiger partial charge on any atom is 0.322 e. The fourth-order valence-corrected chi connectivity index (χ4v) is 1.93. The van der Waals surface area contributed by atoms with E-state index >= 15 is 0 Å². The van der Waals surface area contributed by atoms with Gasteiger partial charge in [0.1, 0.15) is 0 Å². The lowest BCUT2D eigenvalue weighted by Gasteiger charge is -2.29. The van der Waals surface area contributed by atoms with E-state index < -0.39 is 6.10 Å². The van der Waals surface area contributed by atoms with Crippen LogP contribution in [0.5, 0.6) is 0 Å². The Kier molecular flexibility index (Phi) is 4.33. The Morgan fingerprint density at radius 3 is 3.00 bits per heavy atom. The average molecular weight is 273 g/mol. The molecule has 0 radical (unpaired) electrons. The molecule has 0 aliphatic carbocycles. The summed E-state index contributed by atoms with van der Waals surface area (Å²) in [5, 5.41) is 11.5. The molecule has 1 aliphatic rings. The van der Waals surface area contributed by atoms with Crippen molar-refractivity contribution in [2.45, 2.75) is 13.0 Å².